The molecule has 0 saturated carbocycles. The van der Waals surface area contributed by atoms with Crippen molar-refractivity contribution < 1.29 is 4.79 Å². The number of carbonyl (C=O) groups excluding carboxylic acids is 1. The van der Waals surface area contributed by atoms with Crippen molar-refractivity contribution in [2.24, 2.45) is 7.05 Å². The number of aromatic nitrogens is 4. The van der Waals surface area contributed by atoms with Crippen LogP contribution in [0.4, 0.5) is 0 Å². The fraction of sp³-hybridized carbons (Fsp3) is 0.235. The van der Waals surface area contributed by atoms with Crippen molar-refractivity contribution in [3.8, 4) is 11.4 Å². The van der Waals surface area contributed by atoms with E-state index in [4.69, 9.17) is 0 Å². The van der Waals surface area contributed by atoms with Gasteiger partial charge in [0.05, 0.1) is 18.4 Å². The Balaban J connectivity index is 1.64. The van der Waals surface area contributed by atoms with E-state index in [1.54, 1.807) is 24.2 Å². The molecule has 2 heterocycles. The Morgan fingerprint density at radius 1 is 1.25 bits per heavy atom. The lowest BCUT2D eigenvalue weighted by Crippen LogP contribution is -2.28. The van der Waals surface area contributed by atoms with Gasteiger partial charge < -0.3 is 14.5 Å². The minimum atomic E-state index is -0.0583. The summed E-state index contributed by atoms with van der Waals surface area (Å²) in [6.45, 7) is 0.690. The van der Waals surface area contributed by atoms with Gasteiger partial charge in [-0.15, -0.1) is 0 Å². The largest absolute Gasteiger partial charge is 0.349 e. The highest BCUT2D eigenvalue weighted by Gasteiger charge is 2.11. The standard InChI is InChI=1S/C17H19N5OS/c1-21-14(11-20-17(21)24-2)10-19-15(23)12-22-9-8-18-16(22)13-6-4-3-5-7-13/h3-9,11H,10,12H2,1-2H3,(H,19,23). The minimum absolute atomic E-state index is 0.0583. The van der Waals surface area contributed by atoms with Gasteiger partial charge >= 0.3 is 0 Å². The van der Waals surface area contributed by atoms with E-state index in [1.165, 1.54) is 0 Å². The Labute approximate surface area is 144 Å². The van der Waals surface area contributed by atoms with Crippen LogP contribution in [-0.4, -0.2) is 31.3 Å². The summed E-state index contributed by atoms with van der Waals surface area (Å²) in [5, 5.41) is 3.87. The number of benzene rings is 1. The number of thioether (sulfide) groups is 1. The Morgan fingerprint density at radius 2 is 2.04 bits per heavy atom. The van der Waals surface area contributed by atoms with E-state index in [0.29, 0.717) is 6.54 Å². The Bertz CT molecular complexity index is 825. The van der Waals surface area contributed by atoms with Gasteiger partial charge in [0.25, 0.3) is 0 Å². The molecule has 0 unspecified atom stereocenters. The molecule has 24 heavy (non-hydrogen) atoms. The van der Waals surface area contributed by atoms with Crippen LogP contribution in [0.3, 0.4) is 0 Å². The molecule has 1 amide bonds. The van der Waals surface area contributed by atoms with E-state index in [2.05, 4.69) is 15.3 Å². The predicted molar refractivity (Wildman–Crippen MR) is 94.5 cm³/mol. The summed E-state index contributed by atoms with van der Waals surface area (Å²) in [5.41, 5.74) is 1.97. The average molecular weight is 341 g/mol. The van der Waals surface area contributed by atoms with Gasteiger partial charge in [0.1, 0.15) is 12.4 Å². The summed E-state index contributed by atoms with van der Waals surface area (Å²) in [4.78, 5) is 20.9. The molecular formula is C17H19N5OS. The van der Waals surface area contributed by atoms with Crippen molar-refractivity contribution in [2.45, 2.75) is 18.2 Å². The first-order valence-electron chi connectivity index (χ1n) is 7.57. The minimum Gasteiger partial charge on any atom is -0.349 e. The molecule has 0 aliphatic rings. The number of imidazole rings is 2. The van der Waals surface area contributed by atoms with Crippen molar-refractivity contribution in [2.75, 3.05) is 6.26 Å². The van der Waals surface area contributed by atoms with Gasteiger partial charge in [-0.2, -0.15) is 0 Å². The lowest BCUT2D eigenvalue weighted by Gasteiger charge is -2.09. The first-order chi connectivity index (χ1) is 11.7. The van der Waals surface area contributed by atoms with E-state index in [9.17, 15) is 4.79 Å². The molecule has 6 nitrogen and oxygen atoms in total. The molecule has 0 aliphatic carbocycles. The lowest BCUT2D eigenvalue weighted by atomic mass is 10.2. The van der Waals surface area contributed by atoms with E-state index in [0.717, 1.165) is 22.2 Å². The van der Waals surface area contributed by atoms with Crippen molar-refractivity contribution >= 4 is 17.7 Å². The molecule has 3 aromatic rings. The van der Waals surface area contributed by atoms with Crippen molar-refractivity contribution in [1.29, 1.82) is 0 Å². The van der Waals surface area contributed by atoms with Gasteiger partial charge in [-0.05, 0) is 6.26 Å². The number of carbonyl (C=O) groups is 1. The summed E-state index contributed by atoms with van der Waals surface area (Å²) in [6.07, 6.45) is 7.30. The average Bonchev–Trinajstić information content (AvgIpc) is 3.20. The Morgan fingerprint density at radius 3 is 2.75 bits per heavy atom. The zero-order valence-corrected chi connectivity index (χ0v) is 14.5. The highest BCUT2D eigenvalue weighted by atomic mass is 32.2. The normalized spacial score (nSPS) is 10.8. The zero-order valence-electron chi connectivity index (χ0n) is 13.6. The van der Waals surface area contributed by atoms with Crippen LogP contribution in [0.5, 0.6) is 0 Å². The van der Waals surface area contributed by atoms with E-state index in [-0.39, 0.29) is 12.5 Å². The van der Waals surface area contributed by atoms with Gasteiger partial charge in [0.15, 0.2) is 5.16 Å². The molecule has 0 fully saturated rings. The maximum atomic E-state index is 12.3. The third-order valence-corrected chi connectivity index (χ3v) is 4.50. The van der Waals surface area contributed by atoms with Crippen molar-refractivity contribution in [3.05, 3.63) is 54.6 Å². The van der Waals surface area contributed by atoms with Gasteiger partial charge in [-0.1, -0.05) is 42.1 Å². The Hall–Kier alpha value is -2.54. The number of nitrogens with one attached hydrogen (secondary N) is 1. The van der Waals surface area contributed by atoms with Crippen LogP contribution >= 0.6 is 11.8 Å². The number of amides is 1. The lowest BCUT2D eigenvalue weighted by molar-refractivity contribution is -0.121. The maximum absolute atomic E-state index is 12.3. The summed E-state index contributed by atoms with van der Waals surface area (Å²) in [7, 11) is 1.95. The molecule has 2 aromatic heterocycles. The van der Waals surface area contributed by atoms with E-state index in [1.807, 2.05) is 59.0 Å². The molecule has 1 aromatic carbocycles. The van der Waals surface area contributed by atoms with Crippen LogP contribution in [0.15, 0.2) is 54.1 Å². The first-order valence-corrected chi connectivity index (χ1v) is 8.79. The SMILES string of the molecule is CSc1ncc(CNC(=O)Cn2ccnc2-c2ccccc2)n1C. The fourth-order valence-electron chi connectivity index (χ4n) is 2.46. The molecule has 7 heteroatoms. The van der Waals surface area contributed by atoms with Gasteiger partial charge in [0, 0.05) is 25.0 Å². The summed E-state index contributed by atoms with van der Waals surface area (Å²) < 4.78 is 3.83. The van der Waals surface area contributed by atoms with E-state index >= 15 is 0 Å². The fourth-order valence-corrected chi connectivity index (χ4v) is 3.01. The smallest absolute Gasteiger partial charge is 0.240 e. The monoisotopic (exact) mass is 341 g/mol. The van der Waals surface area contributed by atoms with Crippen molar-refractivity contribution in [3.63, 3.8) is 0 Å². The quantitative estimate of drug-likeness (QED) is 0.699. The van der Waals surface area contributed by atoms with E-state index < -0.39 is 0 Å². The number of hydrogen-bond acceptors (Lipinski definition) is 4. The van der Waals surface area contributed by atoms with Gasteiger partial charge in [-0.3, -0.25) is 4.79 Å². The van der Waals surface area contributed by atoms with Crippen LogP contribution in [-0.2, 0) is 24.9 Å². The predicted octanol–water partition coefficient (Wildman–Crippen LogP) is 2.32. The maximum Gasteiger partial charge on any atom is 0.240 e. The third kappa shape index (κ3) is 3.51. The molecule has 0 saturated heterocycles. The number of nitrogens with zero attached hydrogens (tertiary/aromatic N) is 4. The molecule has 0 radical (unpaired) electrons. The van der Waals surface area contributed by atoms with Gasteiger partial charge in [0.2, 0.25) is 5.91 Å². The Kier molecular flexibility index (Phi) is 5.00. The molecule has 1 N–H and O–H groups in total. The van der Waals surface area contributed by atoms with Crippen LogP contribution in [0.1, 0.15) is 5.69 Å². The summed E-state index contributed by atoms with van der Waals surface area (Å²) in [5.74, 6) is 0.730. The first kappa shape index (κ1) is 16.3. The van der Waals surface area contributed by atoms with Crippen LogP contribution in [0, 0.1) is 0 Å². The molecule has 0 bridgehead atoms. The second kappa shape index (κ2) is 7.35. The molecule has 0 spiro atoms. The molecule has 124 valence electrons. The van der Waals surface area contributed by atoms with Crippen LogP contribution in [0.25, 0.3) is 11.4 Å². The highest BCUT2D eigenvalue weighted by Crippen LogP contribution is 2.16. The molecule has 0 atom stereocenters. The molecular weight excluding hydrogens is 322 g/mol. The van der Waals surface area contributed by atoms with Crippen LogP contribution in [0.2, 0.25) is 0 Å². The summed E-state index contributed by atoms with van der Waals surface area (Å²) in [6, 6.07) is 9.84. The van der Waals surface area contributed by atoms with Crippen molar-refractivity contribution in [1.82, 2.24) is 24.4 Å². The number of rotatable bonds is 6. The zero-order chi connectivity index (χ0) is 16.9. The third-order valence-electron chi connectivity index (χ3n) is 3.75. The molecule has 3 rings (SSSR count). The van der Waals surface area contributed by atoms with Gasteiger partial charge in [-0.25, -0.2) is 9.97 Å². The second-order valence-electron chi connectivity index (χ2n) is 5.32. The summed E-state index contributed by atoms with van der Waals surface area (Å²) >= 11 is 1.58. The van der Waals surface area contributed by atoms with Crippen LogP contribution < -0.4 is 5.32 Å². The highest BCUT2D eigenvalue weighted by molar-refractivity contribution is 7.98. The number of hydrogen-bond donors (Lipinski definition) is 1. The second-order valence-corrected chi connectivity index (χ2v) is 6.09. The molecule has 0 aliphatic heterocycles. The topological polar surface area (TPSA) is 64.7 Å².